The molecule has 1 atom stereocenters. The second kappa shape index (κ2) is 13.1. The lowest BCUT2D eigenvalue weighted by Crippen LogP contribution is -2.49. The van der Waals surface area contributed by atoms with Crippen LogP contribution in [0.3, 0.4) is 0 Å². The molecule has 0 heterocycles. The molecule has 2 rings (SSSR count). The Morgan fingerprint density at radius 2 is 1.65 bits per heavy atom. The standard InChI is InChI=1S/C26H37N3O4S/c1-5-18-27-26(31)22(3)28(20-17-23-13-7-6-8-14-23)25(30)16-11-19-29(34(4,32)33)24-15-10-9-12-21(24)2/h6-10,12-15,22H,5,11,16-20H2,1-4H3,(H,27,31)/t22-/m1/s1. The molecule has 2 aromatic rings. The van der Waals surface area contributed by atoms with Gasteiger partial charge in [0.05, 0.1) is 11.9 Å². The van der Waals surface area contributed by atoms with Crippen molar-refractivity contribution >= 4 is 27.5 Å². The van der Waals surface area contributed by atoms with Crippen molar-refractivity contribution < 1.29 is 18.0 Å². The van der Waals surface area contributed by atoms with Crippen LogP contribution in [0.1, 0.15) is 44.2 Å². The van der Waals surface area contributed by atoms with Crippen LogP contribution in [0.25, 0.3) is 0 Å². The summed E-state index contributed by atoms with van der Waals surface area (Å²) in [7, 11) is -3.50. The Bertz CT molecular complexity index is 1040. The fourth-order valence-electron chi connectivity index (χ4n) is 3.79. The van der Waals surface area contributed by atoms with Crippen molar-refractivity contribution in [2.45, 2.75) is 52.5 Å². The Kier molecular flexibility index (Phi) is 10.6. The van der Waals surface area contributed by atoms with Gasteiger partial charge in [-0.1, -0.05) is 55.5 Å². The lowest BCUT2D eigenvalue weighted by Gasteiger charge is -2.29. The summed E-state index contributed by atoms with van der Waals surface area (Å²) in [5.41, 5.74) is 2.56. The van der Waals surface area contributed by atoms with E-state index < -0.39 is 16.1 Å². The summed E-state index contributed by atoms with van der Waals surface area (Å²) < 4.78 is 26.2. The summed E-state index contributed by atoms with van der Waals surface area (Å²) in [5.74, 6) is -0.339. The zero-order valence-electron chi connectivity index (χ0n) is 20.7. The number of carbonyl (C=O) groups is 2. The third-order valence-corrected chi connectivity index (χ3v) is 6.92. The number of aryl methyl sites for hydroxylation is 1. The molecule has 0 saturated carbocycles. The van der Waals surface area contributed by atoms with E-state index in [9.17, 15) is 18.0 Å². The lowest BCUT2D eigenvalue weighted by molar-refractivity contribution is -0.139. The van der Waals surface area contributed by atoms with Crippen LogP contribution in [0, 0.1) is 6.92 Å². The number of hydrogen-bond donors (Lipinski definition) is 1. The molecule has 7 nitrogen and oxygen atoms in total. The van der Waals surface area contributed by atoms with Crippen molar-refractivity contribution in [2.24, 2.45) is 0 Å². The number of rotatable bonds is 13. The van der Waals surface area contributed by atoms with Crippen molar-refractivity contribution in [3.05, 3.63) is 65.7 Å². The normalized spacial score (nSPS) is 12.1. The summed E-state index contributed by atoms with van der Waals surface area (Å²) in [6.45, 7) is 6.75. The molecule has 0 fully saturated rings. The van der Waals surface area contributed by atoms with Gasteiger partial charge in [-0.05, 0) is 50.3 Å². The molecule has 0 bridgehead atoms. The predicted octanol–water partition coefficient (Wildman–Crippen LogP) is 3.53. The van der Waals surface area contributed by atoms with Crippen molar-refractivity contribution in [1.82, 2.24) is 10.2 Å². The molecular weight excluding hydrogens is 450 g/mol. The van der Waals surface area contributed by atoms with E-state index in [2.05, 4.69) is 5.32 Å². The molecule has 0 unspecified atom stereocenters. The minimum Gasteiger partial charge on any atom is -0.354 e. The number of benzene rings is 2. The zero-order chi connectivity index (χ0) is 25.1. The molecule has 0 saturated heterocycles. The quantitative estimate of drug-likeness (QED) is 0.468. The maximum atomic E-state index is 13.2. The van der Waals surface area contributed by atoms with Crippen LogP contribution in [0.2, 0.25) is 0 Å². The Morgan fingerprint density at radius 1 is 1.00 bits per heavy atom. The van der Waals surface area contributed by atoms with E-state index in [0.29, 0.717) is 31.6 Å². The second-order valence-electron chi connectivity index (χ2n) is 8.51. The van der Waals surface area contributed by atoms with Crippen molar-refractivity contribution in [1.29, 1.82) is 0 Å². The summed E-state index contributed by atoms with van der Waals surface area (Å²) in [4.78, 5) is 27.4. The molecule has 0 spiro atoms. The van der Waals surface area contributed by atoms with E-state index >= 15 is 0 Å². The first kappa shape index (κ1) is 27.4. The number of anilines is 1. The molecule has 2 amide bonds. The van der Waals surface area contributed by atoms with E-state index in [-0.39, 0.29) is 24.8 Å². The number of nitrogens with zero attached hydrogens (tertiary/aromatic N) is 2. The highest BCUT2D eigenvalue weighted by Crippen LogP contribution is 2.22. The van der Waals surface area contributed by atoms with E-state index in [0.717, 1.165) is 17.5 Å². The molecule has 0 aliphatic heterocycles. The van der Waals surface area contributed by atoms with Gasteiger partial charge >= 0.3 is 0 Å². The topological polar surface area (TPSA) is 86.8 Å². The number of sulfonamides is 1. The Morgan fingerprint density at radius 3 is 2.26 bits per heavy atom. The monoisotopic (exact) mass is 487 g/mol. The molecule has 2 aromatic carbocycles. The van der Waals surface area contributed by atoms with E-state index in [1.54, 1.807) is 24.0 Å². The van der Waals surface area contributed by atoms with E-state index in [4.69, 9.17) is 0 Å². The van der Waals surface area contributed by atoms with Gasteiger partial charge in [0.25, 0.3) is 0 Å². The average molecular weight is 488 g/mol. The fourth-order valence-corrected chi connectivity index (χ4v) is 4.81. The molecule has 0 aliphatic carbocycles. The van der Waals surface area contributed by atoms with Crippen LogP contribution in [0.4, 0.5) is 5.69 Å². The van der Waals surface area contributed by atoms with Crippen LogP contribution >= 0.6 is 0 Å². The average Bonchev–Trinajstić information content (AvgIpc) is 2.81. The van der Waals surface area contributed by atoms with Gasteiger partial charge in [0.1, 0.15) is 6.04 Å². The van der Waals surface area contributed by atoms with Gasteiger partial charge in [-0.2, -0.15) is 0 Å². The first-order valence-electron chi connectivity index (χ1n) is 11.8. The molecule has 186 valence electrons. The van der Waals surface area contributed by atoms with Gasteiger partial charge < -0.3 is 10.2 Å². The SMILES string of the molecule is CCCNC(=O)[C@@H](C)N(CCc1ccccc1)C(=O)CCCN(c1ccccc1C)S(C)(=O)=O. The van der Waals surface area contributed by atoms with E-state index in [1.165, 1.54) is 10.6 Å². The fraction of sp³-hybridized carbons (Fsp3) is 0.462. The molecule has 0 aliphatic rings. The summed E-state index contributed by atoms with van der Waals surface area (Å²) in [5, 5.41) is 2.87. The first-order chi connectivity index (χ1) is 16.1. The molecule has 0 radical (unpaired) electrons. The maximum absolute atomic E-state index is 13.2. The largest absolute Gasteiger partial charge is 0.354 e. The molecule has 1 N–H and O–H groups in total. The summed E-state index contributed by atoms with van der Waals surface area (Å²) in [6, 6.07) is 16.5. The molecule has 8 heteroatoms. The van der Waals surface area contributed by atoms with Crippen molar-refractivity contribution in [3.8, 4) is 0 Å². The van der Waals surface area contributed by atoms with Crippen LogP contribution in [-0.4, -0.2) is 57.1 Å². The van der Waals surface area contributed by atoms with Gasteiger partial charge in [-0.3, -0.25) is 13.9 Å². The third-order valence-electron chi connectivity index (χ3n) is 5.74. The smallest absolute Gasteiger partial charge is 0.242 e. The Hall–Kier alpha value is -2.87. The minimum absolute atomic E-state index is 0.151. The van der Waals surface area contributed by atoms with Gasteiger partial charge in [-0.25, -0.2) is 8.42 Å². The summed E-state index contributed by atoms with van der Waals surface area (Å²) >= 11 is 0. The highest BCUT2D eigenvalue weighted by Gasteiger charge is 2.26. The highest BCUT2D eigenvalue weighted by molar-refractivity contribution is 7.92. The van der Waals surface area contributed by atoms with E-state index in [1.807, 2.05) is 56.3 Å². The van der Waals surface area contributed by atoms with Gasteiger partial charge in [0.15, 0.2) is 0 Å². The lowest BCUT2D eigenvalue weighted by atomic mass is 10.1. The number of para-hydroxylation sites is 1. The number of nitrogens with one attached hydrogen (secondary N) is 1. The van der Waals surface area contributed by atoms with Crippen LogP contribution in [0.15, 0.2) is 54.6 Å². The molecule has 0 aromatic heterocycles. The highest BCUT2D eigenvalue weighted by atomic mass is 32.2. The van der Waals surface area contributed by atoms with Crippen LogP contribution in [0.5, 0.6) is 0 Å². The molecular formula is C26H37N3O4S. The van der Waals surface area contributed by atoms with Crippen LogP contribution < -0.4 is 9.62 Å². The zero-order valence-corrected chi connectivity index (χ0v) is 21.5. The second-order valence-corrected chi connectivity index (χ2v) is 10.4. The number of amides is 2. The number of hydrogen-bond acceptors (Lipinski definition) is 4. The van der Waals surface area contributed by atoms with Crippen LogP contribution in [-0.2, 0) is 26.0 Å². The summed E-state index contributed by atoms with van der Waals surface area (Å²) in [6.07, 6.45) is 3.13. The van der Waals surface area contributed by atoms with Gasteiger partial charge in [0.2, 0.25) is 21.8 Å². The first-order valence-corrected chi connectivity index (χ1v) is 13.6. The number of carbonyl (C=O) groups excluding carboxylic acids is 2. The maximum Gasteiger partial charge on any atom is 0.242 e. The van der Waals surface area contributed by atoms with Gasteiger partial charge in [0, 0.05) is 26.1 Å². The van der Waals surface area contributed by atoms with Crippen molar-refractivity contribution in [3.63, 3.8) is 0 Å². The van der Waals surface area contributed by atoms with Crippen molar-refractivity contribution in [2.75, 3.05) is 30.2 Å². The Balaban J connectivity index is 2.10. The Labute approximate surface area is 204 Å². The predicted molar refractivity (Wildman–Crippen MR) is 137 cm³/mol. The minimum atomic E-state index is -3.50. The third kappa shape index (κ3) is 8.17. The molecule has 34 heavy (non-hydrogen) atoms. The van der Waals surface area contributed by atoms with Gasteiger partial charge in [-0.15, -0.1) is 0 Å².